The smallest absolute Gasteiger partial charge is 0.252 e. The van der Waals surface area contributed by atoms with Crippen molar-refractivity contribution in [2.24, 2.45) is 7.05 Å². The Kier molecular flexibility index (Phi) is 4.35. The van der Waals surface area contributed by atoms with E-state index in [0.717, 1.165) is 5.56 Å². The molecule has 8 heteroatoms. The third-order valence-corrected chi connectivity index (χ3v) is 7.29. The zero-order valence-corrected chi connectivity index (χ0v) is 14.2. The summed E-state index contributed by atoms with van der Waals surface area (Å²) in [5.41, 5.74) is 1.02. The van der Waals surface area contributed by atoms with Crippen molar-refractivity contribution in [2.75, 3.05) is 13.7 Å². The Hall–Kier alpha value is -1.22. The number of aromatic nitrogens is 2. The lowest BCUT2D eigenvalue weighted by Crippen LogP contribution is -2.41. The molecule has 1 saturated heterocycles. The van der Waals surface area contributed by atoms with Gasteiger partial charge in [-0.1, -0.05) is 6.07 Å². The molecule has 0 saturated carbocycles. The van der Waals surface area contributed by atoms with E-state index in [4.69, 9.17) is 4.74 Å². The molecular formula is C14H19N3O3S2. The Morgan fingerprint density at radius 2 is 2.32 bits per heavy atom. The van der Waals surface area contributed by atoms with E-state index in [1.807, 2.05) is 13.2 Å². The van der Waals surface area contributed by atoms with E-state index in [1.165, 1.54) is 11.3 Å². The number of sulfonamides is 1. The van der Waals surface area contributed by atoms with Crippen LogP contribution >= 0.6 is 11.3 Å². The highest BCUT2D eigenvalue weighted by Crippen LogP contribution is 2.31. The summed E-state index contributed by atoms with van der Waals surface area (Å²) in [7, 11) is 0.0381. The Balaban J connectivity index is 1.89. The van der Waals surface area contributed by atoms with Gasteiger partial charge in [0.05, 0.1) is 18.3 Å². The molecule has 1 aliphatic heterocycles. The Morgan fingerprint density at radius 3 is 2.91 bits per heavy atom. The molecule has 0 aliphatic carbocycles. The fraction of sp³-hybridized carbons (Fsp3) is 0.500. The van der Waals surface area contributed by atoms with E-state index >= 15 is 0 Å². The summed E-state index contributed by atoms with van der Waals surface area (Å²) in [5, 5.41) is 5.94. The van der Waals surface area contributed by atoms with Gasteiger partial charge in [-0.05, 0) is 29.9 Å². The van der Waals surface area contributed by atoms with Crippen molar-refractivity contribution < 1.29 is 13.2 Å². The normalized spacial score (nSPS) is 23.2. The molecule has 0 unspecified atom stereocenters. The topological polar surface area (TPSA) is 64.4 Å². The maximum Gasteiger partial charge on any atom is 0.252 e. The Morgan fingerprint density at radius 1 is 1.50 bits per heavy atom. The van der Waals surface area contributed by atoms with E-state index in [0.29, 0.717) is 23.6 Å². The van der Waals surface area contributed by atoms with Gasteiger partial charge in [-0.25, -0.2) is 8.42 Å². The van der Waals surface area contributed by atoms with Crippen LogP contribution in [0.5, 0.6) is 0 Å². The van der Waals surface area contributed by atoms with E-state index in [9.17, 15) is 8.42 Å². The zero-order chi connectivity index (χ0) is 15.7. The maximum absolute atomic E-state index is 12.8. The minimum Gasteiger partial charge on any atom is -0.380 e. The number of rotatable bonds is 5. The molecule has 0 N–H and O–H groups in total. The van der Waals surface area contributed by atoms with Crippen LogP contribution in [0.15, 0.2) is 34.1 Å². The van der Waals surface area contributed by atoms with Crippen LogP contribution < -0.4 is 0 Å². The molecule has 0 bridgehead atoms. The molecule has 120 valence electrons. The van der Waals surface area contributed by atoms with E-state index in [1.54, 1.807) is 39.8 Å². The standard InChI is InChI=1S/C14H19N3O3S2/c1-16-10-11(9-15-16)8-12-13(20-2)5-6-17(12)22(18,19)14-4-3-7-21-14/h3-4,7,9-10,12-13H,5-6,8H2,1-2H3/t12-,13+/m0/s1. The summed E-state index contributed by atoms with van der Waals surface area (Å²) in [4.78, 5) is 0. The largest absolute Gasteiger partial charge is 0.380 e. The number of aryl methyl sites for hydroxylation is 1. The van der Waals surface area contributed by atoms with Gasteiger partial charge in [0, 0.05) is 26.9 Å². The van der Waals surface area contributed by atoms with Crippen molar-refractivity contribution in [2.45, 2.75) is 29.2 Å². The second kappa shape index (κ2) is 6.11. The minimum atomic E-state index is -3.46. The summed E-state index contributed by atoms with van der Waals surface area (Å²) >= 11 is 1.25. The SMILES string of the molecule is CO[C@@H]1CCN(S(=O)(=O)c2cccs2)[C@H]1Cc1cnn(C)c1. The first-order chi connectivity index (χ1) is 10.5. The van der Waals surface area contributed by atoms with Gasteiger partial charge in [-0.15, -0.1) is 11.3 Å². The lowest BCUT2D eigenvalue weighted by atomic mass is 10.1. The highest BCUT2D eigenvalue weighted by Gasteiger charge is 2.42. The highest BCUT2D eigenvalue weighted by atomic mass is 32.2. The van der Waals surface area contributed by atoms with Crippen molar-refractivity contribution in [3.8, 4) is 0 Å². The summed E-state index contributed by atoms with van der Waals surface area (Å²) in [6, 6.07) is 3.22. The second-order valence-electron chi connectivity index (χ2n) is 5.40. The van der Waals surface area contributed by atoms with E-state index in [2.05, 4.69) is 5.10 Å². The maximum atomic E-state index is 12.8. The summed E-state index contributed by atoms with van der Waals surface area (Å²) in [6.45, 7) is 0.490. The van der Waals surface area contributed by atoms with Crippen LogP contribution in [0.1, 0.15) is 12.0 Å². The van der Waals surface area contributed by atoms with E-state index in [-0.39, 0.29) is 12.1 Å². The quantitative estimate of drug-likeness (QED) is 0.827. The number of hydrogen-bond donors (Lipinski definition) is 0. The number of methoxy groups -OCH3 is 1. The molecule has 1 aliphatic rings. The molecule has 0 radical (unpaired) electrons. The monoisotopic (exact) mass is 341 g/mol. The number of ether oxygens (including phenoxy) is 1. The Labute approximate surface area is 134 Å². The van der Waals surface area contributed by atoms with Crippen LogP contribution in [0.3, 0.4) is 0 Å². The number of thiophene rings is 1. The van der Waals surface area contributed by atoms with Gasteiger partial charge >= 0.3 is 0 Å². The second-order valence-corrected chi connectivity index (χ2v) is 8.47. The fourth-order valence-corrected chi connectivity index (χ4v) is 5.73. The predicted molar refractivity (Wildman–Crippen MR) is 84.3 cm³/mol. The molecule has 0 amide bonds. The average molecular weight is 341 g/mol. The molecule has 3 rings (SSSR count). The molecule has 2 aromatic rings. The fourth-order valence-electron chi connectivity index (χ4n) is 2.95. The molecule has 6 nitrogen and oxygen atoms in total. The van der Waals surface area contributed by atoms with Crippen LogP contribution in [0.25, 0.3) is 0 Å². The van der Waals surface area contributed by atoms with Gasteiger partial charge in [0.1, 0.15) is 4.21 Å². The van der Waals surface area contributed by atoms with Crippen LogP contribution in [0.4, 0.5) is 0 Å². The van der Waals surface area contributed by atoms with Crippen molar-refractivity contribution in [1.82, 2.24) is 14.1 Å². The zero-order valence-electron chi connectivity index (χ0n) is 12.5. The highest BCUT2D eigenvalue weighted by molar-refractivity contribution is 7.91. The van der Waals surface area contributed by atoms with Gasteiger partial charge in [0.2, 0.25) is 0 Å². The van der Waals surface area contributed by atoms with Crippen LogP contribution in [-0.4, -0.2) is 48.3 Å². The summed E-state index contributed by atoms with van der Waals surface area (Å²) in [6.07, 6.45) is 4.93. The third-order valence-electron chi connectivity index (χ3n) is 4.00. The number of nitrogens with zero attached hydrogens (tertiary/aromatic N) is 3. The molecular weight excluding hydrogens is 322 g/mol. The van der Waals surface area contributed by atoms with Crippen LogP contribution in [0.2, 0.25) is 0 Å². The molecule has 0 aromatic carbocycles. The summed E-state index contributed by atoms with van der Waals surface area (Å²) < 4.78 is 34.9. The molecule has 2 atom stereocenters. The van der Waals surface area contributed by atoms with Crippen molar-refractivity contribution in [3.05, 3.63) is 35.5 Å². The predicted octanol–water partition coefficient (Wildman–Crippen LogP) is 1.50. The van der Waals surface area contributed by atoms with Gasteiger partial charge in [0.15, 0.2) is 0 Å². The number of hydrogen-bond acceptors (Lipinski definition) is 5. The minimum absolute atomic E-state index is 0.0880. The first-order valence-corrected chi connectivity index (χ1v) is 9.40. The van der Waals surface area contributed by atoms with Gasteiger partial charge in [-0.3, -0.25) is 4.68 Å². The molecule has 22 heavy (non-hydrogen) atoms. The Bertz CT molecular complexity index is 724. The molecule has 1 fully saturated rings. The lowest BCUT2D eigenvalue weighted by Gasteiger charge is -2.26. The average Bonchev–Trinajstić information content (AvgIpc) is 3.19. The van der Waals surface area contributed by atoms with Crippen molar-refractivity contribution >= 4 is 21.4 Å². The first-order valence-electron chi connectivity index (χ1n) is 7.08. The lowest BCUT2D eigenvalue weighted by molar-refractivity contribution is 0.0810. The van der Waals surface area contributed by atoms with Gasteiger partial charge < -0.3 is 4.74 Å². The molecule has 2 aromatic heterocycles. The third kappa shape index (κ3) is 2.83. The van der Waals surface area contributed by atoms with Gasteiger partial charge in [0.25, 0.3) is 10.0 Å². The van der Waals surface area contributed by atoms with Gasteiger partial charge in [-0.2, -0.15) is 9.40 Å². The van der Waals surface area contributed by atoms with Crippen LogP contribution in [0, 0.1) is 0 Å². The van der Waals surface area contributed by atoms with Crippen LogP contribution in [-0.2, 0) is 28.2 Å². The van der Waals surface area contributed by atoms with E-state index < -0.39 is 10.0 Å². The molecule has 3 heterocycles. The van der Waals surface area contributed by atoms with Crippen molar-refractivity contribution in [1.29, 1.82) is 0 Å². The van der Waals surface area contributed by atoms with Crippen molar-refractivity contribution in [3.63, 3.8) is 0 Å². The first kappa shape index (κ1) is 15.7. The molecule has 0 spiro atoms. The summed E-state index contributed by atoms with van der Waals surface area (Å²) in [5.74, 6) is 0.